The molecule has 0 N–H and O–H groups in total. The van der Waals surface area contributed by atoms with Crippen molar-refractivity contribution in [1.29, 1.82) is 0 Å². The topological polar surface area (TPSA) is 38.8 Å². The van der Waals surface area contributed by atoms with E-state index in [-0.39, 0.29) is 12.2 Å². The molecule has 0 aliphatic carbocycles. The summed E-state index contributed by atoms with van der Waals surface area (Å²) < 4.78 is 25.7. The molecule has 96 valence electrons. The standard InChI is InChI=1S/C10H22NO3PSe/c1-9(2)13-15(12,14-10(3)4)11-5-7-16-8-6-11/h9-10H,5-8H2,1-4H3. The van der Waals surface area contributed by atoms with Crippen LogP contribution in [0.2, 0.25) is 10.6 Å². The second-order valence-electron chi connectivity index (χ2n) is 4.34. The van der Waals surface area contributed by atoms with Gasteiger partial charge in [0.25, 0.3) is 0 Å². The summed E-state index contributed by atoms with van der Waals surface area (Å²) in [5, 5.41) is 2.28. The first kappa shape index (κ1) is 14.7. The molecule has 0 radical (unpaired) electrons. The first-order valence-corrected chi connectivity index (χ1v) is 9.66. The van der Waals surface area contributed by atoms with Crippen LogP contribution in [0.5, 0.6) is 0 Å². The van der Waals surface area contributed by atoms with Gasteiger partial charge in [-0.2, -0.15) is 0 Å². The molecule has 1 saturated heterocycles. The van der Waals surface area contributed by atoms with E-state index >= 15 is 0 Å². The second kappa shape index (κ2) is 6.53. The van der Waals surface area contributed by atoms with Gasteiger partial charge < -0.3 is 0 Å². The third-order valence-corrected chi connectivity index (χ3v) is 6.47. The quantitative estimate of drug-likeness (QED) is 0.578. The van der Waals surface area contributed by atoms with Gasteiger partial charge in [-0.1, -0.05) is 0 Å². The Morgan fingerprint density at radius 2 is 1.50 bits per heavy atom. The van der Waals surface area contributed by atoms with Gasteiger partial charge in [-0.15, -0.1) is 0 Å². The van der Waals surface area contributed by atoms with Crippen LogP contribution in [0.4, 0.5) is 0 Å². The molecule has 0 amide bonds. The first-order valence-electron chi connectivity index (χ1n) is 5.74. The summed E-state index contributed by atoms with van der Waals surface area (Å²) >= 11 is 0.705. The van der Waals surface area contributed by atoms with Crippen molar-refractivity contribution in [1.82, 2.24) is 4.67 Å². The molecule has 0 saturated carbocycles. The van der Waals surface area contributed by atoms with Crippen LogP contribution >= 0.6 is 7.75 Å². The summed E-state index contributed by atoms with van der Waals surface area (Å²) in [6.45, 7) is 9.26. The maximum atomic E-state index is 12.7. The van der Waals surface area contributed by atoms with Crippen LogP contribution in [0, 0.1) is 0 Å². The molecule has 0 bridgehead atoms. The third-order valence-electron chi connectivity index (χ3n) is 2.02. The summed E-state index contributed by atoms with van der Waals surface area (Å²) in [6, 6.07) is 0. The Hall–Kier alpha value is 0.629. The third kappa shape index (κ3) is 4.48. The van der Waals surface area contributed by atoms with Gasteiger partial charge in [-0.05, 0) is 0 Å². The minimum atomic E-state index is -3.06. The maximum absolute atomic E-state index is 12.7. The molecule has 0 atom stereocenters. The fourth-order valence-corrected chi connectivity index (χ4v) is 6.06. The Kier molecular flexibility index (Phi) is 6.00. The van der Waals surface area contributed by atoms with E-state index in [1.165, 1.54) is 0 Å². The molecule has 0 unspecified atom stereocenters. The van der Waals surface area contributed by atoms with Crippen molar-refractivity contribution in [2.45, 2.75) is 50.5 Å². The van der Waals surface area contributed by atoms with Crippen molar-refractivity contribution < 1.29 is 13.6 Å². The predicted octanol–water partition coefficient (Wildman–Crippen LogP) is 2.80. The van der Waals surface area contributed by atoms with E-state index in [2.05, 4.69) is 0 Å². The molecule has 0 aromatic rings. The van der Waals surface area contributed by atoms with Gasteiger partial charge in [0, 0.05) is 0 Å². The normalized spacial score (nSPS) is 19.6. The summed E-state index contributed by atoms with van der Waals surface area (Å²) in [5.41, 5.74) is 0. The Bertz CT molecular complexity index is 240. The molecule has 0 spiro atoms. The second-order valence-corrected chi connectivity index (χ2v) is 8.84. The minimum absolute atomic E-state index is 0.0722. The zero-order valence-electron chi connectivity index (χ0n) is 10.5. The molecule has 16 heavy (non-hydrogen) atoms. The van der Waals surface area contributed by atoms with E-state index in [1.54, 1.807) is 0 Å². The Morgan fingerprint density at radius 1 is 1.06 bits per heavy atom. The number of nitrogens with zero attached hydrogens (tertiary/aromatic N) is 1. The average Bonchev–Trinajstić information content (AvgIpc) is 2.16. The van der Waals surface area contributed by atoms with Crippen LogP contribution in [0.25, 0.3) is 0 Å². The fraction of sp³-hybridized carbons (Fsp3) is 1.00. The van der Waals surface area contributed by atoms with Crippen LogP contribution < -0.4 is 0 Å². The fourth-order valence-electron chi connectivity index (χ4n) is 1.49. The van der Waals surface area contributed by atoms with Gasteiger partial charge in [-0.25, -0.2) is 0 Å². The SMILES string of the molecule is CC(C)OP(=O)(OC(C)C)N1CC[Se]CC1. The first-order chi connectivity index (χ1) is 7.44. The van der Waals surface area contributed by atoms with Crippen molar-refractivity contribution in [3.05, 3.63) is 0 Å². The van der Waals surface area contributed by atoms with Gasteiger partial charge in [-0.3, -0.25) is 0 Å². The molecule has 1 fully saturated rings. The molecule has 0 aromatic heterocycles. The van der Waals surface area contributed by atoms with Crippen molar-refractivity contribution in [2.24, 2.45) is 0 Å². The zero-order valence-corrected chi connectivity index (χ0v) is 13.1. The van der Waals surface area contributed by atoms with Crippen molar-refractivity contribution >= 4 is 22.7 Å². The van der Waals surface area contributed by atoms with Crippen LogP contribution in [-0.2, 0) is 13.6 Å². The van der Waals surface area contributed by atoms with Gasteiger partial charge in [0.2, 0.25) is 0 Å². The van der Waals surface area contributed by atoms with Gasteiger partial charge in [0.15, 0.2) is 0 Å². The molecule has 1 aliphatic heterocycles. The molecular weight excluding hydrogens is 292 g/mol. The Labute approximate surface area is 105 Å². The van der Waals surface area contributed by atoms with E-state index in [9.17, 15) is 4.57 Å². The van der Waals surface area contributed by atoms with E-state index in [0.29, 0.717) is 15.0 Å². The summed E-state index contributed by atoms with van der Waals surface area (Å²) in [5.74, 6) is 0. The molecular formula is C10H22NO3PSe. The van der Waals surface area contributed by atoms with Crippen LogP contribution in [0.3, 0.4) is 0 Å². The average molecular weight is 314 g/mol. The summed E-state index contributed by atoms with van der Waals surface area (Å²) in [7, 11) is -3.06. The van der Waals surface area contributed by atoms with E-state index in [4.69, 9.17) is 9.05 Å². The molecule has 4 nitrogen and oxygen atoms in total. The van der Waals surface area contributed by atoms with Crippen molar-refractivity contribution in [3.8, 4) is 0 Å². The Balaban J connectivity index is 2.71. The molecule has 0 aromatic carbocycles. The van der Waals surface area contributed by atoms with Crippen LogP contribution in [-0.4, -0.2) is 44.9 Å². The van der Waals surface area contributed by atoms with E-state index < -0.39 is 7.75 Å². The number of rotatable bonds is 5. The molecule has 6 heteroatoms. The molecule has 1 aliphatic rings. The van der Waals surface area contributed by atoms with Gasteiger partial charge in [0.05, 0.1) is 0 Å². The number of hydrogen-bond acceptors (Lipinski definition) is 3. The van der Waals surface area contributed by atoms with Gasteiger partial charge >= 0.3 is 105 Å². The summed E-state index contributed by atoms with van der Waals surface area (Å²) in [6.07, 6.45) is -0.144. The Morgan fingerprint density at radius 3 is 1.88 bits per heavy atom. The summed E-state index contributed by atoms with van der Waals surface area (Å²) in [4.78, 5) is 0. The monoisotopic (exact) mass is 315 g/mol. The van der Waals surface area contributed by atoms with E-state index in [0.717, 1.165) is 23.7 Å². The van der Waals surface area contributed by atoms with Crippen molar-refractivity contribution in [3.63, 3.8) is 0 Å². The van der Waals surface area contributed by atoms with Crippen LogP contribution in [0.15, 0.2) is 0 Å². The molecule has 1 rings (SSSR count). The zero-order chi connectivity index (χ0) is 12.2. The predicted molar refractivity (Wildman–Crippen MR) is 67.0 cm³/mol. The molecule has 1 heterocycles. The van der Waals surface area contributed by atoms with E-state index in [1.807, 2.05) is 32.4 Å². The number of hydrogen-bond donors (Lipinski definition) is 0. The van der Waals surface area contributed by atoms with Crippen molar-refractivity contribution in [2.75, 3.05) is 13.1 Å². The van der Waals surface area contributed by atoms with Crippen LogP contribution in [0.1, 0.15) is 27.7 Å². The van der Waals surface area contributed by atoms with Gasteiger partial charge in [0.1, 0.15) is 0 Å².